The Morgan fingerprint density at radius 2 is 0.710 bits per heavy atom. The molecular weight excluding hydrogens is 374 g/mol. The van der Waals surface area contributed by atoms with Crippen molar-refractivity contribution in [2.45, 2.75) is 156 Å². The first-order chi connectivity index (χ1) is 15.2. The van der Waals surface area contributed by atoms with Gasteiger partial charge in [0.1, 0.15) is 0 Å². The number of rotatable bonds is 26. The Morgan fingerprint density at radius 1 is 0.419 bits per heavy atom. The zero-order valence-electron chi connectivity index (χ0n) is 22.4. The predicted octanol–water partition coefficient (Wildman–Crippen LogP) is 10.2. The molecule has 0 N–H and O–H groups in total. The van der Waals surface area contributed by atoms with Crippen LogP contribution in [-0.2, 0) is 0 Å². The first-order valence-corrected chi connectivity index (χ1v) is 14.7. The van der Waals surface area contributed by atoms with E-state index in [1.54, 1.807) is 0 Å². The minimum Gasteiger partial charge on any atom is -0.320 e. The molecule has 0 saturated heterocycles. The monoisotopic (exact) mass is 436 g/mol. The van der Waals surface area contributed by atoms with Crippen LogP contribution in [0.5, 0.6) is 0 Å². The highest BCUT2D eigenvalue weighted by Gasteiger charge is 2.24. The second kappa shape index (κ2) is 24.3. The maximum absolute atomic E-state index is 4.07. The predicted molar refractivity (Wildman–Crippen MR) is 144 cm³/mol. The van der Waals surface area contributed by atoms with Crippen molar-refractivity contribution < 1.29 is 4.48 Å². The van der Waals surface area contributed by atoms with Crippen molar-refractivity contribution in [1.82, 2.24) is 0 Å². The van der Waals surface area contributed by atoms with Crippen LogP contribution >= 0.6 is 0 Å². The minimum absolute atomic E-state index is 1.18. The van der Waals surface area contributed by atoms with E-state index in [4.69, 9.17) is 0 Å². The van der Waals surface area contributed by atoms with E-state index in [-0.39, 0.29) is 0 Å². The van der Waals surface area contributed by atoms with E-state index < -0.39 is 0 Å². The average molecular weight is 437 g/mol. The van der Waals surface area contributed by atoms with Crippen LogP contribution in [0.15, 0.2) is 12.7 Å². The van der Waals surface area contributed by atoms with Gasteiger partial charge in [-0.05, 0) is 31.8 Å². The van der Waals surface area contributed by atoms with Crippen LogP contribution in [-0.4, -0.2) is 30.7 Å². The highest BCUT2D eigenvalue weighted by atomic mass is 15.3. The van der Waals surface area contributed by atoms with Gasteiger partial charge in [0.2, 0.25) is 0 Å². The quantitative estimate of drug-likeness (QED) is 0.0718. The van der Waals surface area contributed by atoms with Gasteiger partial charge in [-0.3, -0.25) is 0 Å². The van der Waals surface area contributed by atoms with Crippen LogP contribution in [0, 0.1) is 0 Å². The van der Waals surface area contributed by atoms with E-state index in [1.165, 1.54) is 165 Å². The Labute approximate surface area is 199 Å². The second-order valence-corrected chi connectivity index (χ2v) is 10.3. The van der Waals surface area contributed by atoms with Crippen molar-refractivity contribution in [3.8, 4) is 0 Å². The van der Waals surface area contributed by atoms with Gasteiger partial charge in [-0.2, -0.15) is 0 Å². The van der Waals surface area contributed by atoms with Crippen molar-refractivity contribution >= 4 is 0 Å². The van der Waals surface area contributed by atoms with Gasteiger partial charge < -0.3 is 4.48 Å². The van der Waals surface area contributed by atoms with Crippen molar-refractivity contribution in [3.63, 3.8) is 0 Å². The molecule has 0 unspecified atom stereocenters. The van der Waals surface area contributed by atoms with Crippen LogP contribution < -0.4 is 0 Å². The van der Waals surface area contributed by atoms with Gasteiger partial charge in [-0.15, -0.1) is 0 Å². The maximum atomic E-state index is 4.07. The summed E-state index contributed by atoms with van der Waals surface area (Å²) in [5.74, 6) is 0. The van der Waals surface area contributed by atoms with Gasteiger partial charge in [0.15, 0.2) is 0 Å². The fourth-order valence-corrected chi connectivity index (χ4v) is 5.04. The third-order valence-electron chi connectivity index (χ3n) is 7.22. The normalized spacial score (nSPS) is 11.8. The van der Waals surface area contributed by atoms with E-state index >= 15 is 0 Å². The van der Waals surface area contributed by atoms with Gasteiger partial charge in [-0.25, -0.2) is 0 Å². The summed E-state index contributed by atoms with van der Waals surface area (Å²) in [5, 5.41) is 0. The molecular formula is C30H62N+. The summed E-state index contributed by atoms with van der Waals surface area (Å²) >= 11 is 0. The Hall–Kier alpha value is -0.300. The average Bonchev–Trinajstić information content (AvgIpc) is 2.78. The molecule has 0 atom stereocenters. The molecule has 1 nitrogen and oxygen atoms in total. The molecule has 0 rings (SSSR count). The van der Waals surface area contributed by atoms with E-state index in [2.05, 4.69) is 33.4 Å². The molecule has 31 heavy (non-hydrogen) atoms. The molecule has 0 bridgehead atoms. The molecule has 186 valence electrons. The zero-order chi connectivity index (χ0) is 22.9. The standard InChI is InChI=1S/C30H62N/c1-5-9-12-13-14-15-16-17-18-19-20-21-22-23-24-25-26-30-31(27-8-4,28-10-6-2)29-11-7-3/h8H,4-7,9-30H2,1-3H3/q+1. The van der Waals surface area contributed by atoms with Crippen LogP contribution in [0.4, 0.5) is 0 Å². The molecule has 0 saturated carbocycles. The Kier molecular flexibility index (Phi) is 24.1. The molecule has 0 spiro atoms. The zero-order valence-corrected chi connectivity index (χ0v) is 22.4. The van der Waals surface area contributed by atoms with Crippen LogP contribution in [0.1, 0.15) is 156 Å². The fourth-order valence-electron chi connectivity index (χ4n) is 5.04. The van der Waals surface area contributed by atoms with E-state index in [1.807, 2.05) is 0 Å². The van der Waals surface area contributed by atoms with E-state index in [0.29, 0.717) is 0 Å². The van der Waals surface area contributed by atoms with Crippen molar-refractivity contribution in [1.29, 1.82) is 0 Å². The number of hydrogen-bond donors (Lipinski definition) is 0. The van der Waals surface area contributed by atoms with Gasteiger partial charge in [0.25, 0.3) is 0 Å². The molecule has 0 radical (unpaired) electrons. The molecule has 0 aliphatic carbocycles. The number of quaternary nitrogens is 1. The number of hydrogen-bond acceptors (Lipinski definition) is 0. The first-order valence-electron chi connectivity index (χ1n) is 14.7. The lowest BCUT2D eigenvalue weighted by molar-refractivity contribution is -0.923. The van der Waals surface area contributed by atoms with E-state index in [0.717, 1.165) is 0 Å². The Morgan fingerprint density at radius 3 is 1.03 bits per heavy atom. The van der Waals surface area contributed by atoms with Crippen LogP contribution in [0.3, 0.4) is 0 Å². The van der Waals surface area contributed by atoms with Crippen molar-refractivity contribution in [2.24, 2.45) is 0 Å². The van der Waals surface area contributed by atoms with Gasteiger partial charge >= 0.3 is 0 Å². The molecule has 0 aliphatic rings. The highest BCUT2D eigenvalue weighted by Crippen LogP contribution is 2.17. The highest BCUT2D eigenvalue weighted by molar-refractivity contribution is 4.67. The summed E-state index contributed by atoms with van der Waals surface area (Å²) in [6.45, 7) is 16.3. The van der Waals surface area contributed by atoms with Crippen molar-refractivity contribution in [2.75, 3.05) is 26.2 Å². The van der Waals surface area contributed by atoms with Crippen LogP contribution in [0.2, 0.25) is 0 Å². The first kappa shape index (κ1) is 30.7. The second-order valence-electron chi connectivity index (χ2n) is 10.3. The van der Waals surface area contributed by atoms with Crippen LogP contribution in [0.25, 0.3) is 0 Å². The summed E-state index contributed by atoms with van der Waals surface area (Å²) in [4.78, 5) is 0. The molecule has 0 aromatic heterocycles. The molecule has 0 aromatic carbocycles. The topological polar surface area (TPSA) is 0 Å². The Bertz CT molecular complexity index is 340. The van der Waals surface area contributed by atoms with Crippen molar-refractivity contribution in [3.05, 3.63) is 12.7 Å². The summed E-state index contributed by atoms with van der Waals surface area (Å²) < 4.78 is 1.31. The third-order valence-corrected chi connectivity index (χ3v) is 7.22. The van der Waals surface area contributed by atoms with Gasteiger partial charge in [-0.1, -0.05) is 137 Å². The molecule has 0 amide bonds. The van der Waals surface area contributed by atoms with E-state index in [9.17, 15) is 0 Å². The number of unbranched alkanes of at least 4 members (excludes halogenated alkanes) is 18. The lowest BCUT2D eigenvalue weighted by Gasteiger charge is -2.38. The van der Waals surface area contributed by atoms with Gasteiger partial charge in [0.05, 0.1) is 26.2 Å². The lowest BCUT2D eigenvalue weighted by atomic mass is 10.0. The molecule has 1 heteroatoms. The third kappa shape index (κ3) is 20.1. The fraction of sp³-hybridized carbons (Fsp3) is 0.933. The summed E-state index contributed by atoms with van der Waals surface area (Å²) in [6, 6.07) is 0. The molecule has 0 aromatic rings. The molecule has 0 heterocycles. The molecule has 0 aliphatic heterocycles. The maximum Gasteiger partial charge on any atom is 0.0971 e. The smallest absolute Gasteiger partial charge is 0.0971 e. The summed E-state index contributed by atoms with van der Waals surface area (Å²) in [5.41, 5.74) is 0. The van der Waals surface area contributed by atoms with Gasteiger partial charge in [0, 0.05) is 0 Å². The largest absolute Gasteiger partial charge is 0.320 e. The summed E-state index contributed by atoms with van der Waals surface area (Å²) in [7, 11) is 0. The molecule has 0 fully saturated rings. The SMILES string of the molecule is C=CC[N+](CCCC)(CCCC)CCCCCCCCCCCCCCCCCCC. The number of nitrogens with zero attached hydrogens (tertiary/aromatic N) is 1. The lowest BCUT2D eigenvalue weighted by Crippen LogP contribution is -2.50. The Balaban J connectivity index is 3.59. The summed E-state index contributed by atoms with van der Waals surface area (Å²) in [6.07, 6.45) is 32.4. The minimum atomic E-state index is 1.18.